The fraction of sp³-hybridized carbons (Fsp3) is 0.643. The van der Waals surface area contributed by atoms with Crippen molar-refractivity contribution < 1.29 is 5.11 Å². The van der Waals surface area contributed by atoms with Crippen LogP contribution < -0.4 is 0 Å². The topological polar surface area (TPSA) is 36.4 Å². The average molecular weight is 232 g/mol. The number of pyridine rings is 1. The molecule has 2 fully saturated rings. The van der Waals surface area contributed by atoms with Crippen LogP contribution in [0.4, 0.5) is 0 Å². The van der Waals surface area contributed by atoms with Crippen LogP contribution in [0.5, 0.6) is 0 Å². The zero-order valence-corrected chi connectivity index (χ0v) is 10.2. The molecule has 0 aromatic carbocycles. The van der Waals surface area contributed by atoms with Gasteiger partial charge in [0.15, 0.2) is 0 Å². The van der Waals surface area contributed by atoms with Gasteiger partial charge in [0.1, 0.15) is 0 Å². The van der Waals surface area contributed by atoms with Crippen molar-refractivity contribution in [2.75, 3.05) is 13.1 Å². The van der Waals surface area contributed by atoms with E-state index in [-0.39, 0.29) is 0 Å². The van der Waals surface area contributed by atoms with Gasteiger partial charge in [0.25, 0.3) is 0 Å². The highest BCUT2D eigenvalue weighted by molar-refractivity contribution is 5.16. The molecule has 0 bridgehead atoms. The van der Waals surface area contributed by atoms with Gasteiger partial charge in [0.2, 0.25) is 0 Å². The maximum atomic E-state index is 10.9. The lowest BCUT2D eigenvalue weighted by Gasteiger charge is -2.37. The Kier molecular flexibility index (Phi) is 2.89. The summed E-state index contributed by atoms with van der Waals surface area (Å²) in [5, 5.41) is 10.9. The largest absolute Gasteiger partial charge is 0.388 e. The van der Waals surface area contributed by atoms with Crippen molar-refractivity contribution in [3.63, 3.8) is 0 Å². The third-order valence-corrected chi connectivity index (χ3v) is 4.33. The van der Waals surface area contributed by atoms with Crippen LogP contribution in [0.25, 0.3) is 0 Å². The monoisotopic (exact) mass is 232 g/mol. The second-order valence-electron chi connectivity index (χ2n) is 5.43. The number of fused-ring (bicyclic) bond motifs is 1. The van der Waals surface area contributed by atoms with Gasteiger partial charge in [-0.25, -0.2) is 0 Å². The summed E-state index contributed by atoms with van der Waals surface area (Å²) in [7, 11) is 0. The maximum absolute atomic E-state index is 10.9. The standard InChI is InChI=1S/C14H20N2O/c17-14(11-12-4-7-15-8-5-12)6-10-16-9-2-1-3-13(14)16/h4-5,7-8,13,17H,1-3,6,9-11H2. The third kappa shape index (κ3) is 2.09. The fourth-order valence-corrected chi connectivity index (χ4v) is 3.43. The molecule has 1 aromatic rings. The van der Waals surface area contributed by atoms with Gasteiger partial charge in [-0.1, -0.05) is 6.42 Å². The SMILES string of the molecule is OC1(Cc2ccncc2)CCN2CCCCC21. The van der Waals surface area contributed by atoms with Crippen LogP contribution in [0, 0.1) is 0 Å². The molecule has 3 nitrogen and oxygen atoms in total. The molecule has 0 saturated carbocycles. The molecular formula is C14H20N2O. The number of hydrogen-bond donors (Lipinski definition) is 1. The molecule has 3 rings (SSSR count). The smallest absolute Gasteiger partial charge is 0.0854 e. The van der Waals surface area contributed by atoms with Gasteiger partial charge in [0, 0.05) is 31.4 Å². The Morgan fingerprint density at radius 2 is 2.12 bits per heavy atom. The van der Waals surface area contributed by atoms with Crippen molar-refractivity contribution in [1.29, 1.82) is 0 Å². The molecule has 2 saturated heterocycles. The molecular weight excluding hydrogens is 212 g/mol. The first-order valence-electron chi connectivity index (χ1n) is 6.63. The molecule has 1 N–H and O–H groups in total. The minimum absolute atomic E-state index is 0.379. The van der Waals surface area contributed by atoms with Gasteiger partial charge in [-0.15, -0.1) is 0 Å². The number of aromatic nitrogens is 1. The van der Waals surface area contributed by atoms with Crippen molar-refractivity contribution in [2.45, 2.75) is 43.7 Å². The van der Waals surface area contributed by atoms with Gasteiger partial charge in [-0.2, -0.15) is 0 Å². The molecule has 1 aromatic heterocycles. The van der Waals surface area contributed by atoms with Crippen LogP contribution in [-0.4, -0.2) is 39.7 Å². The fourth-order valence-electron chi connectivity index (χ4n) is 3.43. The molecule has 3 heteroatoms. The molecule has 0 aliphatic carbocycles. The Hall–Kier alpha value is -0.930. The van der Waals surface area contributed by atoms with Crippen LogP contribution >= 0.6 is 0 Å². The van der Waals surface area contributed by atoms with E-state index in [0.717, 1.165) is 25.8 Å². The Balaban J connectivity index is 1.77. The Morgan fingerprint density at radius 1 is 1.29 bits per heavy atom. The first-order valence-corrected chi connectivity index (χ1v) is 6.63. The lowest BCUT2D eigenvalue weighted by Crippen LogP contribution is -2.48. The second kappa shape index (κ2) is 4.39. The van der Waals surface area contributed by atoms with E-state index in [2.05, 4.69) is 9.88 Å². The zero-order valence-electron chi connectivity index (χ0n) is 10.2. The highest BCUT2D eigenvalue weighted by Crippen LogP contribution is 2.37. The van der Waals surface area contributed by atoms with Gasteiger partial charge in [-0.05, 0) is 43.5 Å². The van der Waals surface area contributed by atoms with E-state index in [9.17, 15) is 5.11 Å². The third-order valence-electron chi connectivity index (χ3n) is 4.33. The normalized spacial score (nSPS) is 33.6. The van der Waals surface area contributed by atoms with Gasteiger partial charge in [0.05, 0.1) is 5.60 Å². The van der Waals surface area contributed by atoms with E-state index in [1.165, 1.54) is 24.9 Å². The second-order valence-corrected chi connectivity index (χ2v) is 5.43. The highest BCUT2D eigenvalue weighted by Gasteiger charge is 2.46. The predicted octanol–water partition coefficient (Wildman–Crippen LogP) is 1.61. The van der Waals surface area contributed by atoms with Crippen molar-refractivity contribution in [2.24, 2.45) is 0 Å². The van der Waals surface area contributed by atoms with Crippen molar-refractivity contribution in [3.05, 3.63) is 30.1 Å². The van der Waals surface area contributed by atoms with Crippen LogP contribution in [0.3, 0.4) is 0 Å². The molecule has 3 heterocycles. The molecule has 2 aliphatic rings. The predicted molar refractivity (Wildman–Crippen MR) is 66.7 cm³/mol. The summed E-state index contributed by atoms with van der Waals surface area (Å²) < 4.78 is 0. The summed E-state index contributed by atoms with van der Waals surface area (Å²) in [6, 6.07) is 4.41. The quantitative estimate of drug-likeness (QED) is 0.841. The summed E-state index contributed by atoms with van der Waals surface area (Å²) in [5.74, 6) is 0. The van der Waals surface area contributed by atoms with Crippen LogP contribution in [0.15, 0.2) is 24.5 Å². The summed E-state index contributed by atoms with van der Waals surface area (Å²) in [4.78, 5) is 6.51. The molecule has 0 spiro atoms. The minimum atomic E-state index is -0.512. The molecule has 2 aliphatic heterocycles. The minimum Gasteiger partial charge on any atom is -0.388 e. The summed E-state index contributed by atoms with van der Waals surface area (Å²) in [5.41, 5.74) is 0.692. The number of aliphatic hydroxyl groups is 1. The molecule has 0 amide bonds. The van der Waals surface area contributed by atoms with E-state index >= 15 is 0 Å². The molecule has 92 valence electrons. The number of hydrogen-bond acceptors (Lipinski definition) is 3. The first-order chi connectivity index (χ1) is 8.28. The number of piperidine rings is 1. The average Bonchev–Trinajstić information content (AvgIpc) is 2.69. The first kappa shape index (κ1) is 11.2. The number of rotatable bonds is 2. The van der Waals surface area contributed by atoms with E-state index in [1.54, 1.807) is 0 Å². The molecule has 0 radical (unpaired) electrons. The summed E-state index contributed by atoms with van der Waals surface area (Å²) in [6.45, 7) is 2.23. The van der Waals surface area contributed by atoms with Crippen molar-refractivity contribution in [3.8, 4) is 0 Å². The lowest BCUT2D eigenvalue weighted by molar-refractivity contribution is -0.00887. The molecule has 17 heavy (non-hydrogen) atoms. The highest BCUT2D eigenvalue weighted by atomic mass is 16.3. The summed E-state index contributed by atoms with van der Waals surface area (Å²) >= 11 is 0. The van der Waals surface area contributed by atoms with E-state index in [1.807, 2.05) is 24.5 Å². The van der Waals surface area contributed by atoms with Crippen LogP contribution in [0.2, 0.25) is 0 Å². The molecule has 2 atom stereocenters. The maximum Gasteiger partial charge on any atom is 0.0854 e. The van der Waals surface area contributed by atoms with Crippen molar-refractivity contribution >= 4 is 0 Å². The van der Waals surface area contributed by atoms with E-state index in [4.69, 9.17) is 0 Å². The van der Waals surface area contributed by atoms with Crippen molar-refractivity contribution in [1.82, 2.24) is 9.88 Å². The van der Waals surface area contributed by atoms with Gasteiger partial charge >= 0.3 is 0 Å². The van der Waals surface area contributed by atoms with E-state index < -0.39 is 5.60 Å². The Morgan fingerprint density at radius 3 is 2.94 bits per heavy atom. The molecule has 2 unspecified atom stereocenters. The van der Waals surface area contributed by atoms with Gasteiger partial charge in [-0.3, -0.25) is 9.88 Å². The summed E-state index contributed by atoms with van der Waals surface area (Å²) in [6.07, 6.45) is 9.03. The van der Waals surface area contributed by atoms with E-state index in [0.29, 0.717) is 6.04 Å². The lowest BCUT2D eigenvalue weighted by atomic mass is 9.84. The van der Waals surface area contributed by atoms with Crippen LogP contribution in [-0.2, 0) is 6.42 Å². The van der Waals surface area contributed by atoms with Crippen LogP contribution in [0.1, 0.15) is 31.2 Å². The zero-order chi connectivity index (χ0) is 11.7. The van der Waals surface area contributed by atoms with Gasteiger partial charge < -0.3 is 5.11 Å². The Labute approximate surface area is 102 Å². The Bertz CT molecular complexity index is 381. The number of nitrogens with zero attached hydrogens (tertiary/aromatic N) is 2.